The summed E-state index contributed by atoms with van der Waals surface area (Å²) in [7, 11) is -2.76. The van der Waals surface area contributed by atoms with E-state index < -0.39 is 33.8 Å². The lowest BCUT2D eigenvalue weighted by Gasteiger charge is -2.05. The quantitative estimate of drug-likeness (QED) is 0.560. The van der Waals surface area contributed by atoms with E-state index in [1.807, 2.05) is 6.92 Å². The van der Waals surface area contributed by atoms with Crippen molar-refractivity contribution in [1.82, 2.24) is 0 Å². The Balaban J connectivity index is 0. The molecule has 0 aliphatic carbocycles. The van der Waals surface area contributed by atoms with E-state index in [2.05, 4.69) is 0 Å². The number of alkyl halides is 6. The molecule has 0 unspecified atom stereocenters. The molecule has 0 saturated heterocycles. The van der Waals surface area contributed by atoms with Crippen LogP contribution >= 0.6 is 0 Å². The fraction of sp³-hybridized carbons (Fsp3) is 0.818. The molecule has 0 aliphatic heterocycles. The van der Waals surface area contributed by atoms with Gasteiger partial charge < -0.3 is 0 Å². The first-order chi connectivity index (χ1) is 9.57. The zero-order chi connectivity index (χ0) is 18.4. The van der Waals surface area contributed by atoms with Gasteiger partial charge in [-0.1, -0.05) is 13.3 Å². The van der Waals surface area contributed by atoms with Crippen LogP contribution in [0.5, 0.6) is 0 Å². The van der Waals surface area contributed by atoms with Gasteiger partial charge in [-0.2, -0.15) is 26.3 Å². The zero-order valence-corrected chi connectivity index (χ0v) is 12.8. The minimum absolute atomic E-state index is 0.209. The van der Waals surface area contributed by atoms with Crippen LogP contribution in [0, 0.1) is 0 Å². The Morgan fingerprint density at radius 2 is 1.23 bits per heavy atom. The van der Waals surface area contributed by atoms with E-state index >= 15 is 0 Å². The minimum Gasteiger partial charge on any atom is -0.280 e. The molecule has 0 rings (SSSR count). The Labute approximate surface area is 123 Å². The van der Waals surface area contributed by atoms with Crippen molar-refractivity contribution in [2.24, 2.45) is 0 Å². The molecule has 132 valence electrons. The summed E-state index contributed by atoms with van der Waals surface area (Å²) in [4.78, 5) is 19.2. The van der Waals surface area contributed by atoms with E-state index in [1.54, 1.807) is 13.8 Å². The Morgan fingerprint density at radius 3 is 1.41 bits per heavy atom. The van der Waals surface area contributed by atoms with Gasteiger partial charge in [-0.15, -0.1) is 0 Å². The van der Waals surface area contributed by atoms with Gasteiger partial charge in [0, 0.05) is 0 Å². The molecular weight excluding hydrogens is 342 g/mol. The lowest BCUT2D eigenvalue weighted by molar-refractivity contribution is -0.193. The van der Waals surface area contributed by atoms with Crippen LogP contribution in [0.2, 0.25) is 0 Å². The average Bonchev–Trinajstić information content (AvgIpc) is 2.32. The summed E-state index contributed by atoms with van der Waals surface area (Å²) in [5.41, 5.74) is 0. The van der Waals surface area contributed by atoms with Crippen LogP contribution in [0.25, 0.3) is 0 Å². The van der Waals surface area contributed by atoms with Crippen LogP contribution in [0.3, 0.4) is 0 Å². The van der Waals surface area contributed by atoms with Gasteiger partial charge in [0.1, 0.15) is 0 Å². The molecule has 0 amide bonds. The van der Waals surface area contributed by atoms with Crippen molar-refractivity contribution in [2.45, 2.75) is 51.2 Å². The van der Waals surface area contributed by atoms with Gasteiger partial charge in [-0.3, -0.25) is 9.59 Å². The Morgan fingerprint density at radius 1 is 0.909 bits per heavy atom. The normalized spacial score (nSPS) is 12.6. The number of carbonyl (C=O) groups is 2. The molecule has 0 atom stereocenters. The molecule has 0 saturated carbocycles. The first kappa shape index (κ1) is 23.1. The van der Waals surface area contributed by atoms with Crippen molar-refractivity contribution >= 4 is 21.4 Å². The molecule has 0 fully saturated rings. The summed E-state index contributed by atoms with van der Waals surface area (Å²) in [6.07, 6.45) is -9.80. The summed E-state index contributed by atoms with van der Waals surface area (Å²) >= 11 is 0. The first-order valence-electron chi connectivity index (χ1n) is 6.01. The fourth-order valence-electron chi connectivity index (χ4n) is 0.839. The van der Waals surface area contributed by atoms with Crippen molar-refractivity contribution in [3.8, 4) is 0 Å². The van der Waals surface area contributed by atoms with Gasteiger partial charge in [0.25, 0.3) is 0 Å². The van der Waals surface area contributed by atoms with Gasteiger partial charge in [0.15, 0.2) is 9.84 Å². The van der Waals surface area contributed by atoms with Gasteiger partial charge in [0.05, 0.1) is 11.0 Å². The summed E-state index contributed by atoms with van der Waals surface area (Å²) in [5.74, 6) is -6.47. The van der Waals surface area contributed by atoms with E-state index in [-0.39, 0.29) is 5.25 Å². The van der Waals surface area contributed by atoms with Gasteiger partial charge >= 0.3 is 23.9 Å². The predicted octanol–water partition coefficient (Wildman–Crippen LogP) is 2.86. The third-order valence-electron chi connectivity index (χ3n) is 2.22. The Kier molecular flexibility index (Phi) is 8.93. The van der Waals surface area contributed by atoms with E-state index in [4.69, 9.17) is 0 Å². The number of halogens is 6. The topological polar surface area (TPSA) is 68.3 Å². The molecule has 0 heterocycles. The van der Waals surface area contributed by atoms with E-state index in [9.17, 15) is 44.3 Å². The molecule has 4 nitrogen and oxygen atoms in total. The van der Waals surface area contributed by atoms with Crippen molar-refractivity contribution in [3.63, 3.8) is 0 Å². The number of sulfone groups is 1. The summed E-state index contributed by atoms with van der Waals surface area (Å²) in [6.45, 7) is 5.45. The summed E-state index contributed by atoms with van der Waals surface area (Å²) < 4.78 is 89.1. The predicted molar refractivity (Wildman–Crippen MR) is 66.0 cm³/mol. The molecule has 0 radical (unpaired) electrons. The summed E-state index contributed by atoms with van der Waals surface area (Å²) in [5, 5.41) is -0.209. The van der Waals surface area contributed by atoms with Crippen LogP contribution in [-0.2, 0) is 19.4 Å². The second kappa shape index (κ2) is 8.49. The molecule has 0 N–H and O–H groups in total. The van der Waals surface area contributed by atoms with Gasteiger partial charge in [0.2, 0.25) is 0 Å². The average molecular weight is 358 g/mol. The zero-order valence-electron chi connectivity index (χ0n) is 12.0. The van der Waals surface area contributed by atoms with Crippen LogP contribution in [0.4, 0.5) is 26.3 Å². The van der Waals surface area contributed by atoms with Crippen molar-refractivity contribution in [1.29, 1.82) is 0 Å². The first-order valence-corrected chi connectivity index (χ1v) is 7.73. The maximum Gasteiger partial charge on any atom is 0.458 e. The lowest BCUT2D eigenvalue weighted by atomic mass is 10.2. The highest BCUT2D eigenvalue weighted by atomic mass is 32.2. The second-order valence-electron chi connectivity index (χ2n) is 4.42. The third-order valence-corrected chi connectivity index (χ3v) is 4.52. The third kappa shape index (κ3) is 9.00. The molecule has 0 aromatic heterocycles. The smallest absolute Gasteiger partial charge is 0.280 e. The molecule has 0 aromatic carbocycles. The minimum atomic E-state index is -5.77. The van der Waals surface area contributed by atoms with Gasteiger partial charge in [-0.05, 0) is 20.3 Å². The van der Waals surface area contributed by atoms with Crippen LogP contribution in [0.1, 0.15) is 33.6 Å². The lowest BCUT2D eigenvalue weighted by Crippen LogP contribution is -2.39. The fourth-order valence-corrected chi connectivity index (χ4v) is 2.00. The van der Waals surface area contributed by atoms with Crippen LogP contribution in [-0.4, -0.2) is 43.3 Å². The molecule has 0 bridgehead atoms. The molecule has 0 aromatic rings. The van der Waals surface area contributed by atoms with Crippen molar-refractivity contribution < 1.29 is 44.3 Å². The van der Waals surface area contributed by atoms with Crippen LogP contribution in [0.15, 0.2) is 0 Å². The number of unbranched alkanes of at least 4 members (excludes halogenated alkanes) is 1. The highest BCUT2D eigenvalue weighted by Gasteiger charge is 2.54. The Bertz CT molecular complexity index is 452. The van der Waals surface area contributed by atoms with Crippen molar-refractivity contribution in [3.05, 3.63) is 0 Å². The number of hydrogen-bond donors (Lipinski definition) is 0. The Hall–Kier alpha value is -1.13. The van der Waals surface area contributed by atoms with E-state index in [0.717, 1.165) is 12.8 Å². The highest BCUT2D eigenvalue weighted by Crippen LogP contribution is 2.23. The SMILES string of the molecule is CCCCS(=O)(=O)C(C)C.O=C(C(=O)C(F)(F)F)C(F)(F)F. The monoisotopic (exact) mass is 358 g/mol. The standard InChI is InChI=1S/C7H16O2S.C4F6O2/c1-4-5-6-10(8,9)7(2)3;5-3(6,7)1(11)2(12)4(8,9)10/h7H,4-6H2,1-3H3;. The second-order valence-corrected chi connectivity index (χ2v) is 7.10. The molecule has 11 heteroatoms. The van der Waals surface area contributed by atoms with E-state index in [0.29, 0.717) is 5.75 Å². The highest BCUT2D eigenvalue weighted by molar-refractivity contribution is 7.91. The van der Waals surface area contributed by atoms with Gasteiger partial charge in [-0.25, -0.2) is 8.42 Å². The number of Topliss-reactive ketones (excluding diaryl/α,β-unsaturated/α-hetero) is 2. The van der Waals surface area contributed by atoms with Crippen LogP contribution < -0.4 is 0 Å². The number of carbonyl (C=O) groups excluding carboxylic acids is 2. The van der Waals surface area contributed by atoms with E-state index in [1.165, 1.54) is 0 Å². The molecular formula is C11H16F6O4S. The molecule has 0 spiro atoms. The molecule has 22 heavy (non-hydrogen) atoms. The van der Waals surface area contributed by atoms with Crippen molar-refractivity contribution in [2.75, 3.05) is 5.75 Å². The molecule has 0 aliphatic rings. The number of rotatable bonds is 5. The summed E-state index contributed by atoms with van der Waals surface area (Å²) in [6, 6.07) is 0. The largest absolute Gasteiger partial charge is 0.458 e. The maximum atomic E-state index is 11.2. The number of ketones is 2. The number of hydrogen-bond acceptors (Lipinski definition) is 4. The maximum absolute atomic E-state index is 11.2.